The smallest absolute Gasteiger partial charge is 0.228 e. The van der Waals surface area contributed by atoms with E-state index in [1.54, 1.807) is 7.11 Å². The lowest BCUT2D eigenvalue weighted by Crippen LogP contribution is -2.39. The predicted molar refractivity (Wildman–Crippen MR) is 101 cm³/mol. The molecule has 2 aromatic carbocycles. The minimum atomic E-state index is -0.0399. The van der Waals surface area contributed by atoms with E-state index in [1.807, 2.05) is 41.3 Å². The monoisotopic (exact) mass is 350 g/mol. The molecule has 0 atom stereocenters. The molecule has 0 aliphatic carbocycles. The van der Waals surface area contributed by atoms with Crippen LogP contribution < -0.4 is 15.0 Å². The fraction of sp³-hybridized carbons (Fsp3) is 0.333. The highest BCUT2D eigenvalue weighted by Gasteiger charge is 2.29. The van der Waals surface area contributed by atoms with E-state index in [9.17, 15) is 9.59 Å². The second kappa shape index (κ2) is 6.83. The van der Waals surface area contributed by atoms with E-state index < -0.39 is 0 Å². The lowest BCUT2D eigenvalue weighted by molar-refractivity contribution is -0.119. The molecule has 5 heteroatoms. The van der Waals surface area contributed by atoms with E-state index in [-0.39, 0.29) is 11.8 Å². The van der Waals surface area contributed by atoms with Gasteiger partial charge in [0.05, 0.1) is 19.2 Å². The zero-order valence-electron chi connectivity index (χ0n) is 14.9. The Hall–Kier alpha value is -2.82. The SMILES string of the molecule is COc1ccc(CC(=O)Nc2cc3c4c(c2)CCC(=O)N4CCC3)cc1. The maximum absolute atomic E-state index is 12.4. The summed E-state index contributed by atoms with van der Waals surface area (Å²) in [6.07, 6.45) is 3.55. The summed E-state index contributed by atoms with van der Waals surface area (Å²) in [6, 6.07) is 11.6. The van der Waals surface area contributed by atoms with Gasteiger partial charge in [-0.15, -0.1) is 0 Å². The Bertz CT molecular complexity index is 841. The molecular weight excluding hydrogens is 328 g/mol. The quantitative estimate of drug-likeness (QED) is 0.922. The van der Waals surface area contributed by atoms with Crippen molar-refractivity contribution in [3.8, 4) is 5.75 Å². The lowest BCUT2D eigenvalue weighted by atomic mass is 9.91. The van der Waals surface area contributed by atoms with Crippen molar-refractivity contribution >= 4 is 23.2 Å². The molecule has 0 radical (unpaired) electrons. The molecule has 2 aliphatic rings. The van der Waals surface area contributed by atoms with Crippen molar-refractivity contribution in [2.45, 2.75) is 32.1 Å². The summed E-state index contributed by atoms with van der Waals surface area (Å²) in [6.45, 7) is 0.808. The van der Waals surface area contributed by atoms with Crippen LogP contribution in [0.5, 0.6) is 5.75 Å². The van der Waals surface area contributed by atoms with Crippen molar-refractivity contribution in [2.24, 2.45) is 0 Å². The van der Waals surface area contributed by atoms with Crippen molar-refractivity contribution < 1.29 is 14.3 Å². The maximum atomic E-state index is 12.4. The van der Waals surface area contributed by atoms with Gasteiger partial charge in [0.2, 0.25) is 11.8 Å². The summed E-state index contributed by atoms with van der Waals surface area (Å²) in [7, 11) is 1.62. The number of nitrogens with zero attached hydrogens (tertiary/aromatic N) is 1. The molecule has 0 bridgehead atoms. The average Bonchev–Trinajstić information content (AvgIpc) is 2.65. The molecule has 0 unspecified atom stereocenters. The summed E-state index contributed by atoms with van der Waals surface area (Å²) in [5, 5.41) is 3.02. The molecular formula is C21H22N2O3. The van der Waals surface area contributed by atoms with E-state index in [0.29, 0.717) is 12.8 Å². The highest BCUT2D eigenvalue weighted by atomic mass is 16.5. The number of carbonyl (C=O) groups excluding carboxylic acids is 2. The van der Waals surface area contributed by atoms with Crippen molar-refractivity contribution in [2.75, 3.05) is 23.9 Å². The van der Waals surface area contributed by atoms with Gasteiger partial charge in [-0.3, -0.25) is 9.59 Å². The maximum Gasteiger partial charge on any atom is 0.228 e. The van der Waals surface area contributed by atoms with Crippen LogP contribution in [0.3, 0.4) is 0 Å². The molecule has 0 fully saturated rings. The van der Waals surface area contributed by atoms with Crippen molar-refractivity contribution in [1.29, 1.82) is 0 Å². The Kier molecular flexibility index (Phi) is 4.37. The van der Waals surface area contributed by atoms with Crippen LogP contribution >= 0.6 is 0 Å². The highest BCUT2D eigenvalue weighted by molar-refractivity contribution is 5.99. The summed E-state index contributed by atoms with van der Waals surface area (Å²) in [4.78, 5) is 26.5. The summed E-state index contributed by atoms with van der Waals surface area (Å²) >= 11 is 0. The first kappa shape index (κ1) is 16.6. The first-order valence-corrected chi connectivity index (χ1v) is 9.03. The minimum absolute atomic E-state index is 0.0399. The number of hydrogen-bond donors (Lipinski definition) is 1. The molecule has 1 N–H and O–H groups in total. The Morgan fingerprint density at radius 2 is 1.85 bits per heavy atom. The number of nitrogens with one attached hydrogen (secondary N) is 1. The normalized spacial score (nSPS) is 15.4. The molecule has 26 heavy (non-hydrogen) atoms. The van der Waals surface area contributed by atoms with Gasteiger partial charge in [-0.2, -0.15) is 0 Å². The van der Waals surface area contributed by atoms with Crippen LogP contribution in [0.4, 0.5) is 11.4 Å². The van der Waals surface area contributed by atoms with Gasteiger partial charge in [0.25, 0.3) is 0 Å². The van der Waals surface area contributed by atoms with Gasteiger partial charge in [-0.1, -0.05) is 12.1 Å². The van der Waals surface area contributed by atoms with Crippen LogP contribution in [0, 0.1) is 0 Å². The standard InChI is InChI=1S/C21H22N2O3/c1-26-18-7-4-14(5-8-18)11-19(24)22-17-12-15-3-2-10-23-20(25)9-6-16(13-17)21(15)23/h4-5,7-8,12-13H,2-3,6,9-11H2,1H3,(H,22,24). The topological polar surface area (TPSA) is 58.6 Å². The van der Waals surface area contributed by atoms with E-state index >= 15 is 0 Å². The number of hydrogen-bond acceptors (Lipinski definition) is 3. The summed E-state index contributed by atoms with van der Waals surface area (Å²) < 4.78 is 5.14. The second-order valence-electron chi connectivity index (χ2n) is 6.87. The van der Waals surface area contributed by atoms with Gasteiger partial charge in [0.15, 0.2) is 0 Å². The number of aryl methyl sites for hydroxylation is 2. The van der Waals surface area contributed by atoms with E-state index in [2.05, 4.69) is 5.32 Å². The van der Waals surface area contributed by atoms with Gasteiger partial charge < -0.3 is 15.0 Å². The van der Waals surface area contributed by atoms with Crippen LogP contribution in [0.15, 0.2) is 36.4 Å². The fourth-order valence-corrected chi connectivity index (χ4v) is 3.86. The third kappa shape index (κ3) is 3.17. The minimum Gasteiger partial charge on any atom is -0.497 e. The number of rotatable bonds is 4. The molecule has 0 spiro atoms. The number of methoxy groups -OCH3 is 1. The van der Waals surface area contributed by atoms with Gasteiger partial charge in [0.1, 0.15) is 5.75 Å². The lowest BCUT2D eigenvalue weighted by Gasteiger charge is -2.35. The first-order chi connectivity index (χ1) is 12.6. The Labute approximate surface area is 153 Å². The molecule has 0 saturated heterocycles. The van der Waals surface area contributed by atoms with Gasteiger partial charge in [-0.05, 0) is 60.2 Å². The molecule has 5 nitrogen and oxygen atoms in total. The zero-order chi connectivity index (χ0) is 18.1. The third-order valence-corrected chi connectivity index (χ3v) is 5.08. The predicted octanol–water partition coefficient (Wildman–Crippen LogP) is 3.10. The zero-order valence-corrected chi connectivity index (χ0v) is 14.9. The van der Waals surface area contributed by atoms with Gasteiger partial charge in [-0.25, -0.2) is 0 Å². The number of ether oxygens (including phenoxy) is 1. The van der Waals surface area contributed by atoms with Crippen molar-refractivity contribution in [3.63, 3.8) is 0 Å². The van der Waals surface area contributed by atoms with Crippen LogP contribution in [0.25, 0.3) is 0 Å². The first-order valence-electron chi connectivity index (χ1n) is 9.03. The average molecular weight is 350 g/mol. The number of carbonyl (C=O) groups is 2. The van der Waals surface area contributed by atoms with Crippen LogP contribution in [0.2, 0.25) is 0 Å². The highest BCUT2D eigenvalue weighted by Crippen LogP contribution is 2.37. The molecule has 0 saturated carbocycles. The Morgan fingerprint density at radius 3 is 2.58 bits per heavy atom. The molecule has 0 aromatic heterocycles. The van der Waals surface area contributed by atoms with Crippen LogP contribution in [-0.4, -0.2) is 25.5 Å². The van der Waals surface area contributed by atoms with Crippen molar-refractivity contribution in [3.05, 3.63) is 53.1 Å². The number of benzene rings is 2. The molecule has 4 rings (SSSR count). The van der Waals surface area contributed by atoms with Crippen LogP contribution in [-0.2, 0) is 28.9 Å². The van der Waals surface area contributed by atoms with Gasteiger partial charge >= 0.3 is 0 Å². The van der Waals surface area contributed by atoms with Crippen LogP contribution in [0.1, 0.15) is 29.5 Å². The van der Waals surface area contributed by atoms with E-state index in [4.69, 9.17) is 4.74 Å². The second-order valence-corrected chi connectivity index (χ2v) is 6.87. The Morgan fingerprint density at radius 1 is 1.12 bits per heavy atom. The molecule has 2 aliphatic heterocycles. The molecule has 2 amide bonds. The Balaban J connectivity index is 1.51. The number of amides is 2. The van der Waals surface area contributed by atoms with Gasteiger partial charge in [0, 0.05) is 18.7 Å². The summed E-state index contributed by atoms with van der Waals surface area (Å²) in [5.41, 5.74) is 5.19. The van der Waals surface area contributed by atoms with E-state index in [1.165, 1.54) is 11.1 Å². The third-order valence-electron chi connectivity index (χ3n) is 5.08. The van der Waals surface area contributed by atoms with Crippen molar-refractivity contribution in [1.82, 2.24) is 0 Å². The molecule has 2 aromatic rings. The molecule has 2 heterocycles. The largest absolute Gasteiger partial charge is 0.497 e. The fourth-order valence-electron chi connectivity index (χ4n) is 3.86. The van der Waals surface area contributed by atoms with E-state index in [0.717, 1.165) is 48.5 Å². The summed E-state index contributed by atoms with van der Waals surface area (Å²) in [5.74, 6) is 0.957. The number of anilines is 2. The molecule has 134 valence electrons.